The Labute approximate surface area is 743 Å². The average Bonchev–Trinajstić information content (AvgIpc) is 0.739. The van der Waals surface area contributed by atoms with Crippen LogP contribution in [0, 0.1) is 0 Å². The molecule has 0 aromatic heterocycles. The number of amides is 3. The van der Waals surface area contributed by atoms with Crippen LogP contribution in [0.15, 0.2) is 0 Å². The number of carboxylic acid groups (broad SMARTS) is 2. The molecular formula is C72H119N3O57. The zero-order valence-electron chi connectivity index (χ0n) is 69.9. The van der Waals surface area contributed by atoms with Gasteiger partial charge in [-0.15, -0.1) is 0 Å². The van der Waals surface area contributed by atoms with E-state index >= 15 is 0 Å². The summed E-state index contributed by atoms with van der Waals surface area (Å²) in [7, 11) is 0. The van der Waals surface area contributed by atoms with Gasteiger partial charge in [0.2, 0.25) is 17.7 Å². The van der Waals surface area contributed by atoms with Crippen LogP contribution < -0.4 is 16.0 Å². The lowest BCUT2D eigenvalue weighted by molar-refractivity contribution is -0.420. The fourth-order valence-corrected chi connectivity index (χ4v) is 17.0. The quantitative estimate of drug-likeness (QED) is 0.0275. The molecule has 60 nitrogen and oxygen atoms in total. The first-order valence-electron chi connectivity index (χ1n) is 41.4. The summed E-state index contributed by atoms with van der Waals surface area (Å²) in [6.07, 6.45) is -114. The number of aliphatic carboxylic acids is 2. The van der Waals surface area contributed by atoms with Crippen molar-refractivity contribution in [1.82, 2.24) is 16.0 Å². The third-order valence-electron chi connectivity index (χ3n) is 24.0. The molecule has 764 valence electrons. The first-order valence-corrected chi connectivity index (χ1v) is 41.4. The van der Waals surface area contributed by atoms with Crippen LogP contribution in [0.2, 0.25) is 0 Å². The minimum atomic E-state index is -3.72. The number of carbonyl (C=O) groups excluding carboxylic acids is 3. The van der Waals surface area contributed by atoms with Crippen LogP contribution >= 0.6 is 0 Å². The van der Waals surface area contributed by atoms with Crippen molar-refractivity contribution in [2.24, 2.45) is 0 Å². The van der Waals surface area contributed by atoms with Gasteiger partial charge < -0.3 is 274 Å². The Bertz CT molecular complexity index is 3660. The average molecular weight is 1940 g/mol. The molecule has 10 saturated heterocycles. The van der Waals surface area contributed by atoms with E-state index in [0.29, 0.717) is 0 Å². The van der Waals surface area contributed by atoms with Gasteiger partial charge in [0, 0.05) is 33.6 Å². The van der Waals surface area contributed by atoms with Crippen LogP contribution in [0.25, 0.3) is 0 Å². The monoisotopic (exact) mass is 1940 g/mol. The predicted octanol–water partition coefficient (Wildman–Crippen LogP) is -24.0. The van der Waals surface area contributed by atoms with Gasteiger partial charge in [0.15, 0.2) is 50.3 Å². The number of carbonyl (C=O) groups is 5. The molecule has 0 aromatic rings. The molecule has 10 aliphatic heterocycles. The van der Waals surface area contributed by atoms with E-state index < -0.39 is 427 Å². The van der Waals surface area contributed by atoms with Crippen molar-refractivity contribution >= 4 is 29.7 Å². The van der Waals surface area contributed by atoms with Crippen molar-refractivity contribution in [3.8, 4) is 0 Å². The van der Waals surface area contributed by atoms with Crippen LogP contribution in [0.1, 0.15) is 33.6 Å². The molecule has 10 fully saturated rings. The maximum absolute atomic E-state index is 13.5. The lowest BCUT2D eigenvalue weighted by atomic mass is 9.89. The van der Waals surface area contributed by atoms with Gasteiger partial charge in [-0.3, -0.25) is 14.4 Å². The van der Waals surface area contributed by atoms with Crippen molar-refractivity contribution < 1.29 is 282 Å². The summed E-state index contributed by atoms with van der Waals surface area (Å²) < 4.78 is 112. The molecule has 36 N–H and O–H groups in total. The minimum Gasteiger partial charge on any atom is -0.477 e. The summed E-state index contributed by atoms with van der Waals surface area (Å²) in [6.45, 7) is -10.2. The van der Waals surface area contributed by atoms with Gasteiger partial charge in [0.1, 0.15) is 244 Å². The molecule has 3 amide bonds. The molecule has 0 aromatic carbocycles. The number of rotatable bonds is 37. The molecular weight excluding hydrogens is 1820 g/mol. The van der Waals surface area contributed by atoms with E-state index in [-0.39, 0.29) is 0 Å². The molecule has 0 saturated carbocycles. The Kier molecular flexibility index (Phi) is 38.6. The van der Waals surface area contributed by atoms with Gasteiger partial charge in [-0.1, -0.05) is 0 Å². The van der Waals surface area contributed by atoms with Gasteiger partial charge in [0.05, 0.1) is 78.3 Å². The number of nitrogens with one attached hydrogen (secondary N) is 3. The zero-order valence-corrected chi connectivity index (χ0v) is 69.9. The van der Waals surface area contributed by atoms with E-state index in [1.165, 1.54) is 0 Å². The highest BCUT2D eigenvalue weighted by Crippen LogP contribution is 2.45. The van der Waals surface area contributed by atoms with E-state index in [1.54, 1.807) is 0 Å². The first kappa shape index (κ1) is 109. The largest absolute Gasteiger partial charge is 0.477 e. The van der Waals surface area contributed by atoms with E-state index in [2.05, 4.69) is 16.0 Å². The Morgan fingerprint density at radius 2 is 0.636 bits per heavy atom. The molecule has 52 atom stereocenters. The van der Waals surface area contributed by atoms with Crippen molar-refractivity contribution in [2.75, 3.05) is 66.1 Å². The Hall–Kier alpha value is -4.65. The summed E-state index contributed by atoms with van der Waals surface area (Å²) in [5.74, 6) is -14.8. The Balaban J connectivity index is 0.975. The molecule has 132 heavy (non-hydrogen) atoms. The van der Waals surface area contributed by atoms with E-state index in [9.17, 15) is 192 Å². The summed E-state index contributed by atoms with van der Waals surface area (Å²) >= 11 is 0. The Morgan fingerprint density at radius 3 is 1.08 bits per heavy atom. The maximum atomic E-state index is 13.5. The van der Waals surface area contributed by atoms with Gasteiger partial charge in [-0.05, 0) is 0 Å². The molecule has 0 aliphatic carbocycles. The highest BCUT2D eigenvalue weighted by atomic mass is 16.8. The fourth-order valence-electron chi connectivity index (χ4n) is 17.0. The number of hydrogen-bond acceptors (Lipinski definition) is 55. The molecule has 10 aliphatic rings. The topological polar surface area (TPSA) is 964 Å². The standard InChI is InChI=1S/C72H119N3O57/c1-16(86)73-31-39(99)35(95)25(10-80)114-61(31)125-56-37(97)27(12-82)116-65(46(56)106)122-53-29(14-84)118-63(33(41(53)101)75-18(3)88)126-57-38(98)28(13-83)117-66(47(57)107)123-54-30(15-85)119-64(45(105)44(54)104)129-60-51(22(92)8-78)121-67(124-55-24(5-71(113,69(109)110)131-52(55)23(93)9-79)130-72(70(111)112)4-19(89)34(94)50(132-72)21(91)7-77)48(108)58(60)127-68-59(43(103)42(102)49(120-68)20(90)6-76)128-62-32(74-17(2)87)40(100)36(96)26(11-81)115-62/h19-68,76-85,89-108,113H,4-15H2,1-3H3,(H,73,86)(H,74,87)(H,75,88)(H,109,110)(H,111,112)/t19-,20+,21-,22+,23-,24-,25-,26-,27-,28-,29-,30-,31-,32-,33-,34-,35+,36-,37+,38+,39-,40-,41-,42+,43+,44-,45-,46-,47-,48+,49-,50-,51-,52-,53-,54-,55-,56+,57+,58-,59+,60-,61-,62-,63+,64+,65+,66+,67-,68-,71-,72-/m1/s1. The zero-order chi connectivity index (χ0) is 97.8. The van der Waals surface area contributed by atoms with Crippen LogP contribution in [0.4, 0.5) is 0 Å². The van der Waals surface area contributed by atoms with Crippen molar-refractivity contribution in [3.63, 3.8) is 0 Å². The summed E-state index contributed by atoms with van der Waals surface area (Å²) in [6, 6.07) is -5.69. The van der Waals surface area contributed by atoms with E-state index in [0.717, 1.165) is 20.8 Å². The molecule has 0 spiro atoms. The number of ether oxygens (including phenoxy) is 19. The van der Waals surface area contributed by atoms with Crippen LogP contribution in [0.3, 0.4) is 0 Å². The molecule has 60 heteroatoms. The molecule has 0 unspecified atom stereocenters. The number of aliphatic hydroxyl groups is 31. The number of carboxylic acids is 2. The second kappa shape index (κ2) is 46.6. The van der Waals surface area contributed by atoms with Gasteiger partial charge >= 0.3 is 11.9 Å². The van der Waals surface area contributed by atoms with Crippen molar-refractivity contribution in [3.05, 3.63) is 0 Å². The van der Waals surface area contributed by atoms with E-state index in [4.69, 9.17) is 90.0 Å². The maximum Gasteiger partial charge on any atom is 0.364 e. The lowest BCUT2D eigenvalue weighted by Crippen LogP contribution is -2.71. The smallest absolute Gasteiger partial charge is 0.364 e. The van der Waals surface area contributed by atoms with E-state index in [1.807, 2.05) is 0 Å². The highest BCUT2D eigenvalue weighted by molar-refractivity contribution is 5.77. The summed E-state index contributed by atoms with van der Waals surface area (Å²) in [5.41, 5.74) is 0. The lowest BCUT2D eigenvalue weighted by Gasteiger charge is -2.53. The van der Waals surface area contributed by atoms with Crippen molar-refractivity contribution in [2.45, 2.75) is 352 Å². The summed E-state index contributed by atoms with van der Waals surface area (Å²) in [4.78, 5) is 64.4. The first-order chi connectivity index (χ1) is 62.2. The van der Waals surface area contributed by atoms with Crippen LogP contribution in [-0.2, 0) is 114 Å². The summed E-state index contributed by atoms with van der Waals surface area (Å²) in [5, 5.41) is 376. The molecule has 10 rings (SSSR count). The second-order valence-electron chi connectivity index (χ2n) is 33.1. The van der Waals surface area contributed by atoms with Crippen LogP contribution in [0.5, 0.6) is 0 Å². The van der Waals surface area contributed by atoms with Gasteiger partial charge in [0.25, 0.3) is 11.6 Å². The third-order valence-corrected chi connectivity index (χ3v) is 24.0. The van der Waals surface area contributed by atoms with Gasteiger partial charge in [-0.25, -0.2) is 9.59 Å². The Morgan fingerprint density at radius 1 is 0.303 bits per heavy atom. The molecule has 0 bridgehead atoms. The highest BCUT2D eigenvalue weighted by Gasteiger charge is 2.66. The molecule has 0 radical (unpaired) electrons. The molecule has 10 heterocycles. The third kappa shape index (κ3) is 23.3. The predicted molar refractivity (Wildman–Crippen MR) is 399 cm³/mol. The minimum absolute atomic E-state index is 0.824. The van der Waals surface area contributed by atoms with Gasteiger partial charge in [-0.2, -0.15) is 0 Å². The second-order valence-corrected chi connectivity index (χ2v) is 33.1. The van der Waals surface area contributed by atoms with Crippen LogP contribution in [-0.4, -0.2) is 582 Å². The normalized spacial score (nSPS) is 47.8. The number of aliphatic hydroxyl groups excluding tert-OH is 30. The van der Waals surface area contributed by atoms with Crippen molar-refractivity contribution in [1.29, 1.82) is 0 Å². The SMILES string of the molecule is CC(=O)N[C@H]1[C@H](O[C@H]2[C@@H](O)[C@@H](CO)O[C@@H](O[C@H]3[C@H](O)[C@@H](O)[C@H](O[C@H]4[C@H](O[C@H]5O[C@H]([C@@H](O)CO)[C@@H](O)[C@H](O)[C@@H]5O[C@H]5O[C@H](CO)[C@@H](O)[C@H](O)[C@H]5NC(C)=O)[C@H](O)[C@@H](O[C@H]5[C@@H]([C@H](O)CO)O[C@@](O)(C(=O)O)C[C@H]5O[C@]5(C(=O)O)C[C@@H](O)[C@@H](O)[C@@H]([C@H](O)CO)O5)O[C@@H]4[C@@H](O)CO)O[C@@H]3CO)[C@@H]2O)O[C@H](CO)[C@@H](O[C@@H]2O[C@H](CO)[C@H](O)[C@H](O[C@H]3O[C@H](CO)[C@H](O)[C@H](O)[C@H]3NC(C)=O)[C@H]2O)[C@@H]1O. The fraction of sp³-hybridized carbons (Fsp3) is 0.931. The number of hydrogen-bond donors (Lipinski definition) is 36.